The molecule has 29 heavy (non-hydrogen) atoms. The van der Waals surface area contributed by atoms with Gasteiger partial charge in [0.15, 0.2) is 0 Å². The summed E-state index contributed by atoms with van der Waals surface area (Å²) in [6.45, 7) is 3.02. The van der Waals surface area contributed by atoms with Crippen LogP contribution in [0.25, 0.3) is 0 Å². The summed E-state index contributed by atoms with van der Waals surface area (Å²) in [4.78, 5) is 0. The molecular formula is C21H23ClF4O3. The maximum absolute atomic E-state index is 13.0. The molecule has 0 bridgehead atoms. The maximum atomic E-state index is 13.0. The summed E-state index contributed by atoms with van der Waals surface area (Å²) in [5, 5.41) is 9.44. The van der Waals surface area contributed by atoms with Gasteiger partial charge in [-0.2, -0.15) is 13.2 Å². The molecule has 0 aliphatic carbocycles. The van der Waals surface area contributed by atoms with Crippen molar-refractivity contribution in [3.8, 4) is 11.5 Å². The molecule has 0 heterocycles. The van der Waals surface area contributed by atoms with Crippen LogP contribution >= 0.6 is 11.6 Å². The largest absolute Gasteiger partial charge is 0.491 e. The van der Waals surface area contributed by atoms with Crippen LogP contribution in [0.4, 0.5) is 17.6 Å². The molecule has 0 radical (unpaired) electrons. The molecule has 3 nitrogen and oxygen atoms in total. The summed E-state index contributed by atoms with van der Waals surface area (Å²) < 4.78 is 59.9. The third-order valence-corrected chi connectivity index (χ3v) is 4.88. The van der Waals surface area contributed by atoms with E-state index in [0.29, 0.717) is 5.75 Å². The number of alkyl halides is 5. The number of rotatable bonds is 9. The average molecular weight is 435 g/mol. The number of ether oxygens (including phenoxy) is 2. The monoisotopic (exact) mass is 434 g/mol. The van der Waals surface area contributed by atoms with Crippen LogP contribution in [0.2, 0.25) is 0 Å². The highest BCUT2D eigenvalue weighted by molar-refractivity contribution is 6.18. The lowest BCUT2D eigenvalue weighted by molar-refractivity contribution is -0.187. The third-order valence-electron chi connectivity index (χ3n) is 4.52. The Labute approximate surface area is 172 Å². The minimum atomic E-state index is -4.93. The van der Waals surface area contributed by atoms with Crippen molar-refractivity contribution in [1.29, 1.82) is 0 Å². The lowest BCUT2D eigenvalue weighted by Crippen LogP contribution is -2.30. The van der Waals surface area contributed by atoms with E-state index in [1.54, 1.807) is 24.3 Å². The van der Waals surface area contributed by atoms with Gasteiger partial charge in [-0.1, -0.05) is 38.1 Å². The number of halogens is 5. The van der Waals surface area contributed by atoms with Crippen LogP contribution < -0.4 is 9.47 Å². The minimum absolute atomic E-state index is 0.0903. The lowest BCUT2D eigenvalue weighted by Gasteiger charge is -2.26. The fraction of sp³-hybridized carbons (Fsp3) is 0.429. The van der Waals surface area contributed by atoms with E-state index in [2.05, 4.69) is 0 Å². The summed E-state index contributed by atoms with van der Waals surface area (Å²) in [5.74, 6) is 0.855. The van der Waals surface area contributed by atoms with Crippen LogP contribution in [-0.4, -0.2) is 42.7 Å². The van der Waals surface area contributed by atoms with Crippen LogP contribution in [0.3, 0.4) is 0 Å². The standard InChI is InChI=1S/C21H23ClF4O3/c1-20(2,14-3-7-17(8-4-14)28-12-16(27)11-22)15-5-9-18(10-6-15)29-13-19(23)21(24,25)26/h3-10,16,19,27H,11-13H2,1-2H3/t16-,19?/m1/s1. The van der Waals surface area contributed by atoms with Gasteiger partial charge in [0, 0.05) is 5.41 Å². The molecule has 2 aromatic carbocycles. The average Bonchev–Trinajstić information content (AvgIpc) is 2.70. The second-order valence-electron chi connectivity index (χ2n) is 7.11. The van der Waals surface area contributed by atoms with E-state index in [4.69, 9.17) is 21.1 Å². The molecule has 0 saturated heterocycles. The maximum Gasteiger partial charge on any atom is 0.423 e. The predicted molar refractivity (Wildman–Crippen MR) is 104 cm³/mol. The van der Waals surface area contributed by atoms with Crippen molar-refractivity contribution in [2.45, 2.75) is 37.7 Å². The molecule has 0 aliphatic heterocycles. The van der Waals surface area contributed by atoms with Crippen molar-refractivity contribution < 1.29 is 32.1 Å². The Kier molecular flexibility index (Phi) is 7.77. The van der Waals surface area contributed by atoms with Crippen LogP contribution in [0, 0.1) is 0 Å². The van der Waals surface area contributed by atoms with E-state index < -0.39 is 30.5 Å². The van der Waals surface area contributed by atoms with Gasteiger partial charge in [-0.25, -0.2) is 4.39 Å². The number of benzene rings is 2. The molecule has 2 atom stereocenters. The Morgan fingerprint density at radius 2 is 1.28 bits per heavy atom. The van der Waals surface area contributed by atoms with E-state index in [1.165, 1.54) is 12.1 Å². The van der Waals surface area contributed by atoms with E-state index in [0.717, 1.165) is 11.1 Å². The van der Waals surface area contributed by atoms with Crippen molar-refractivity contribution in [2.24, 2.45) is 0 Å². The molecule has 1 unspecified atom stereocenters. The van der Waals surface area contributed by atoms with Crippen LogP contribution in [0.5, 0.6) is 11.5 Å². The third kappa shape index (κ3) is 6.51. The molecule has 0 spiro atoms. The SMILES string of the molecule is CC(C)(c1ccc(OCC(F)C(F)(F)F)cc1)c1ccc(OC[C@H](O)CCl)cc1. The number of aliphatic hydroxyl groups excluding tert-OH is 1. The Bertz CT molecular complexity index is 761. The van der Waals surface area contributed by atoms with Gasteiger partial charge in [-0.15, -0.1) is 11.6 Å². The zero-order valence-electron chi connectivity index (χ0n) is 16.0. The smallest absolute Gasteiger partial charge is 0.423 e. The molecule has 2 aromatic rings. The van der Waals surface area contributed by atoms with Crippen LogP contribution in [0.15, 0.2) is 48.5 Å². The zero-order valence-corrected chi connectivity index (χ0v) is 16.8. The van der Waals surface area contributed by atoms with Crippen molar-refractivity contribution >= 4 is 11.6 Å². The molecule has 1 N–H and O–H groups in total. The molecular weight excluding hydrogens is 412 g/mol. The van der Waals surface area contributed by atoms with Gasteiger partial charge in [0.05, 0.1) is 5.88 Å². The molecule has 160 valence electrons. The molecule has 0 fully saturated rings. The lowest BCUT2D eigenvalue weighted by atomic mass is 9.78. The first-order chi connectivity index (χ1) is 13.5. The van der Waals surface area contributed by atoms with E-state index in [1.807, 2.05) is 26.0 Å². The highest BCUT2D eigenvalue weighted by Gasteiger charge is 2.40. The highest BCUT2D eigenvalue weighted by Crippen LogP contribution is 2.33. The summed E-state index contributed by atoms with van der Waals surface area (Å²) in [6, 6.07) is 13.9. The second-order valence-corrected chi connectivity index (χ2v) is 7.42. The van der Waals surface area contributed by atoms with Crippen LogP contribution in [0.1, 0.15) is 25.0 Å². The number of aliphatic hydroxyl groups is 1. The highest BCUT2D eigenvalue weighted by atomic mass is 35.5. The molecule has 0 saturated carbocycles. The van der Waals surface area contributed by atoms with Gasteiger partial charge < -0.3 is 14.6 Å². The van der Waals surface area contributed by atoms with Crippen molar-refractivity contribution in [1.82, 2.24) is 0 Å². The fourth-order valence-corrected chi connectivity index (χ4v) is 2.69. The number of hydrogen-bond donors (Lipinski definition) is 1. The summed E-state index contributed by atoms with van der Waals surface area (Å²) in [7, 11) is 0. The zero-order chi connectivity index (χ0) is 21.7. The van der Waals surface area contributed by atoms with Crippen molar-refractivity contribution in [3.63, 3.8) is 0 Å². The Morgan fingerprint density at radius 1 is 0.862 bits per heavy atom. The molecule has 0 aromatic heterocycles. The molecule has 8 heteroatoms. The quantitative estimate of drug-likeness (QED) is 0.431. The Hall–Kier alpha value is -1.99. The summed E-state index contributed by atoms with van der Waals surface area (Å²) in [6.07, 6.45) is -8.69. The Morgan fingerprint density at radius 3 is 1.66 bits per heavy atom. The van der Waals surface area contributed by atoms with E-state index >= 15 is 0 Å². The Balaban J connectivity index is 2.03. The van der Waals surface area contributed by atoms with Crippen molar-refractivity contribution in [3.05, 3.63) is 59.7 Å². The first-order valence-corrected chi connectivity index (χ1v) is 9.49. The van der Waals surface area contributed by atoms with Gasteiger partial charge in [0.25, 0.3) is 0 Å². The minimum Gasteiger partial charge on any atom is -0.491 e. The fourth-order valence-electron chi connectivity index (χ4n) is 2.60. The van der Waals surface area contributed by atoms with Gasteiger partial charge in [0.2, 0.25) is 6.17 Å². The topological polar surface area (TPSA) is 38.7 Å². The first-order valence-electron chi connectivity index (χ1n) is 8.95. The second kappa shape index (κ2) is 9.67. The van der Waals surface area contributed by atoms with E-state index in [-0.39, 0.29) is 18.2 Å². The molecule has 0 aliphatic rings. The van der Waals surface area contributed by atoms with Crippen LogP contribution in [-0.2, 0) is 5.41 Å². The normalized spacial score (nSPS) is 14.3. The van der Waals surface area contributed by atoms with E-state index in [9.17, 15) is 22.7 Å². The van der Waals surface area contributed by atoms with Gasteiger partial charge in [-0.3, -0.25) is 0 Å². The molecule has 0 amide bonds. The van der Waals surface area contributed by atoms with Gasteiger partial charge >= 0.3 is 6.18 Å². The number of hydrogen-bond acceptors (Lipinski definition) is 3. The van der Waals surface area contributed by atoms with Gasteiger partial charge in [-0.05, 0) is 35.4 Å². The first kappa shape index (κ1) is 23.3. The van der Waals surface area contributed by atoms with Crippen molar-refractivity contribution in [2.75, 3.05) is 19.1 Å². The summed E-state index contributed by atoms with van der Waals surface area (Å²) >= 11 is 5.53. The molecule has 2 rings (SSSR count). The van der Waals surface area contributed by atoms with Gasteiger partial charge in [0.1, 0.15) is 30.8 Å². The summed E-state index contributed by atoms with van der Waals surface area (Å²) in [5.41, 5.74) is 1.49. The predicted octanol–water partition coefficient (Wildman–Crippen LogP) is 5.27.